The lowest BCUT2D eigenvalue weighted by atomic mass is 9.98. The maximum atomic E-state index is 13.0. The lowest BCUT2D eigenvalue weighted by Crippen LogP contribution is -2.61. The number of aliphatic hydroxyl groups is 2. The molecule has 6 unspecified atom stereocenters. The molecule has 0 amide bonds. The van der Waals surface area contributed by atoms with E-state index in [1.54, 1.807) is 0 Å². The quantitative estimate of drug-likeness (QED) is 0.0231. The molecule has 376 valence electrons. The molecule has 12 nitrogen and oxygen atoms in total. The largest absolute Gasteiger partial charge is 0.479 e. The molecule has 0 spiro atoms. The Morgan fingerprint density at radius 3 is 1.49 bits per heavy atom. The summed E-state index contributed by atoms with van der Waals surface area (Å²) < 4.78 is 28.0. The van der Waals surface area contributed by atoms with Crippen LogP contribution >= 0.6 is 0 Å². The highest BCUT2D eigenvalue weighted by atomic mass is 16.7. The highest BCUT2D eigenvalue weighted by Gasteiger charge is 2.50. The molecule has 1 aliphatic heterocycles. The molecule has 0 bridgehead atoms. The van der Waals surface area contributed by atoms with Crippen molar-refractivity contribution in [2.45, 2.75) is 199 Å². The molecular weight excluding hydrogens is 853 g/mol. The number of aliphatic carboxylic acids is 1. The van der Waals surface area contributed by atoms with Gasteiger partial charge in [0.25, 0.3) is 0 Å². The zero-order valence-electron chi connectivity index (χ0n) is 40.8. The number of ether oxygens (including phenoxy) is 5. The lowest BCUT2D eigenvalue weighted by Gasteiger charge is -2.40. The Morgan fingerprint density at radius 1 is 0.507 bits per heavy atom. The average molecular weight is 937 g/mol. The van der Waals surface area contributed by atoms with Gasteiger partial charge in [-0.25, -0.2) is 4.79 Å². The van der Waals surface area contributed by atoms with E-state index in [1.807, 2.05) is 30.4 Å². The van der Waals surface area contributed by atoms with Crippen LogP contribution in [0.4, 0.5) is 0 Å². The summed E-state index contributed by atoms with van der Waals surface area (Å²) in [5, 5.41) is 31.2. The normalized spacial score (nSPS) is 19.8. The van der Waals surface area contributed by atoms with Crippen molar-refractivity contribution in [1.82, 2.24) is 0 Å². The number of allylic oxidation sites excluding steroid dienone is 18. The van der Waals surface area contributed by atoms with Gasteiger partial charge in [-0.15, -0.1) is 0 Å². The first-order chi connectivity index (χ1) is 32.6. The van der Waals surface area contributed by atoms with E-state index in [4.69, 9.17) is 23.7 Å². The molecule has 1 saturated heterocycles. The maximum absolute atomic E-state index is 13.0. The molecule has 3 N–H and O–H groups in total. The molecule has 6 atom stereocenters. The molecule has 0 aromatic heterocycles. The molecule has 0 aliphatic carbocycles. The minimum absolute atomic E-state index is 0.0736. The summed E-state index contributed by atoms with van der Waals surface area (Å²) in [6, 6.07) is 0. The number of carboxylic acids is 1. The first-order valence-electron chi connectivity index (χ1n) is 24.9. The fourth-order valence-corrected chi connectivity index (χ4v) is 6.55. The highest BCUT2D eigenvalue weighted by molar-refractivity contribution is 5.74. The van der Waals surface area contributed by atoms with Crippen LogP contribution in [0.1, 0.15) is 162 Å². The Bertz CT molecular complexity index is 1580. The van der Waals surface area contributed by atoms with Crippen LogP contribution in [0, 0.1) is 0 Å². The van der Waals surface area contributed by atoms with Gasteiger partial charge in [0.15, 0.2) is 24.6 Å². The first kappa shape index (κ1) is 60.4. The fraction of sp³-hybridized carbons (Fsp3) is 0.600. The van der Waals surface area contributed by atoms with Crippen molar-refractivity contribution in [1.29, 1.82) is 0 Å². The fourth-order valence-electron chi connectivity index (χ4n) is 6.55. The zero-order valence-corrected chi connectivity index (χ0v) is 40.8. The first-order valence-corrected chi connectivity index (χ1v) is 24.9. The number of hydrogen-bond acceptors (Lipinski definition) is 11. The Kier molecular flexibility index (Phi) is 38.5. The van der Waals surface area contributed by atoms with E-state index in [-0.39, 0.29) is 25.9 Å². The van der Waals surface area contributed by atoms with Gasteiger partial charge in [-0.05, 0) is 89.9 Å². The Labute approximate surface area is 402 Å². The van der Waals surface area contributed by atoms with Crippen LogP contribution in [0.3, 0.4) is 0 Å². The molecule has 0 aromatic carbocycles. The van der Waals surface area contributed by atoms with E-state index in [2.05, 4.69) is 99.8 Å². The predicted molar refractivity (Wildman–Crippen MR) is 266 cm³/mol. The van der Waals surface area contributed by atoms with Crippen molar-refractivity contribution in [3.05, 3.63) is 109 Å². The van der Waals surface area contributed by atoms with Crippen molar-refractivity contribution < 1.29 is 58.2 Å². The maximum Gasteiger partial charge on any atom is 0.335 e. The number of carbonyl (C=O) groups is 4. The number of rotatable bonds is 39. The Hall–Kier alpha value is -4.62. The third-order valence-corrected chi connectivity index (χ3v) is 10.3. The molecule has 0 radical (unpaired) electrons. The number of carboxylic acid groups (broad SMARTS) is 1. The molecular formula is C55H84O12. The van der Waals surface area contributed by atoms with Crippen molar-refractivity contribution in [3.8, 4) is 0 Å². The number of carbonyl (C=O) groups excluding carboxylic acids is 3. The summed E-state index contributed by atoms with van der Waals surface area (Å²) in [7, 11) is 0. The second-order valence-corrected chi connectivity index (χ2v) is 16.3. The van der Waals surface area contributed by atoms with Gasteiger partial charge in [0, 0.05) is 19.3 Å². The van der Waals surface area contributed by atoms with E-state index in [9.17, 15) is 34.5 Å². The SMILES string of the molecule is CC/C=C\C/C=C\C/C=C\C/C=C\CCC(=O)OCC(COC1OC(C(=O)O)C(O)C(O)C1OC(=O)CC/C=C\C/C=C\C/C=C\C/C=C\CC)OC(=O)CCCCCCC/C=C\CCCC. The van der Waals surface area contributed by atoms with Crippen molar-refractivity contribution in [3.63, 3.8) is 0 Å². The Morgan fingerprint density at radius 2 is 0.970 bits per heavy atom. The van der Waals surface area contributed by atoms with Gasteiger partial charge in [-0.2, -0.15) is 0 Å². The average Bonchev–Trinajstić information content (AvgIpc) is 3.31. The van der Waals surface area contributed by atoms with Crippen molar-refractivity contribution in [2.24, 2.45) is 0 Å². The van der Waals surface area contributed by atoms with Gasteiger partial charge < -0.3 is 39.0 Å². The number of aliphatic hydroxyl groups excluding tert-OH is 2. The standard InChI is InChI=1S/C55H84O12/c1-4-7-10-13-16-19-22-24-27-29-32-35-38-41-47(56)63-44-46(65-48(57)42-39-36-33-30-26-21-18-15-12-9-6-3)45-64-55-53(51(60)50(59)52(67-55)54(61)62)66-49(58)43-40-37-34-31-28-25-23-20-17-14-11-8-5-2/h7-8,10-11,15-20,24-25,27-28,32,34-35,37,46,50-53,55,59-60H,4-6,9,12-14,21-23,26,29-31,33,36,38-45H2,1-3H3,(H,61,62)/b10-7-,11-8-,18-15-,19-16-,20-17-,27-24-,28-25-,35-32-,37-34-. The van der Waals surface area contributed by atoms with E-state index in [0.29, 0.717) is 25.7 Å². The second kappa shape index (κ2) is 42.7. The van der Waals surface area contributed by atoms with Crippen LogP contribution < -0.4 is 0 Å². The molecule has 0 saturated carbocycles. The van der Waals surface area contributed by atoms with Crippen LogP contribution in [0.5, 0.6) is 0 Å². The van der Waals surface area contributed by atoms with Gasteiger partial charge in [0.2, 0.25) is 0 Å². The monoisotopic (exact) mass is 937 g/mol. The number of unbranched alkanes of at least 4 members (excludes halogenated alkanes) is 7. The zero-order chi connectivity index (χ0) is 49.0. The van der Waals surface area contributed by atoms with Crippen molar-refractivity contribution >= 4 is 23.9 Å². The summed E-state index contributed by atoms with van der Waals surface area (Å²) in [6.45, 7) is 5.55. The summed E-state index contributed by atoms with van der Waals surface area (Å²) in [4.78, 5) is 50.6. The lowest BCUT2D eigenvalue weighted by molar-refractivity contribution is -0.301. The van der Waals surface area contributed by atoms with Gasteiger partial charge in [0.05, 0.1) is 6.61 Å². The smallest absolute Gasteiger partial charge is 0.335 e. The van der Waals surface area contributed by atoms with E-state index in [0.717, 1.165) is 83.5 Å². The molecule has 67 heavy (non-hydrogen) atoms. The van der Waals surface area contributed by atoms with Gasteiger partial charge in [-0.1, -0.05) is 162 Å². The van der Waals surface area contributed by atoms with Gasteiger partial charge in [-0.3, -0.25) is 14.4 Å². The summed E-state index contributed by atoms with van der Waals surface area (Å²) in [6.07, 6.45) is 44.1. The third-order valence-electron chi connectivity index (χ3n) is 10.3. The minimum Gasteiger partial charge on any atom is -0.479 e. The third kappa shape index (κ3) is 33.5. The van der Waals surface area contributed by atoms with E-state index in [1.165, 1.54) is 12.8 Å². The molecule has 0 aromatic rings. The number of hydrogen-bond donors (Lipinski definition) is 3. The highest BCUT2D eigenvalue weighted by Crippen LogP contribution is 2.26. The van der Waals surface area contributed by atoms with Crippen molar-refractivity contribution in [2.75, 3.05) is 13.2 Å². The van der Waals surface area contributed by atoms with Crippen LogP contribution in [-0.2, 0) is 42.9 Å². The van der Waals surface area contributed by atoms with Crippen LogP contribution in [0.2, 0.25) is 0 Å². The van der Waals surface area contributed by atoms with Gasteiger partial charge >= 0.3 is 23.9 Å². The molecule has 1 heterocycles. The van der Waals surface area contributed by atoms with Crippen LogP contribution in [-0.4, -0.2) is 89.2 Å². The van der Waals surface area contributed by atoms with Crippen LogP contribution in [0.15, 0.2) is 109 Å². The predicted octanol–water partition coefficient (Wildman–Crippen LogP) is 11.5. The minimum atomic E-state index is -1.94. The van der Waals surface area contributed by atoms with E-state index < -0.39 is 67.3 Å². The summed E-state index contributed by atoms with van der Waals surface area (Å²) in [5.41, 5.74) is 0. The van der Waals surface area contributed by atoms with Crippen LogP contribution in [0.25, 0.3) is 0 Å². The molecule has 12 heteroatoms. The summed E-state index contributed by atoms with van der Waals surface area (Å²) in [5.74, 6) is -3.37. The summed E-state index contributed by atoms with van der Waals surface area (Å²) >= 11 is 0. The molecule has 1 rings (SSSR count). The van der Waals surface area contributed by atoms with E-state index >= 15 is 0 Å². The Balaban J connectivity index is 2.85. The van der Waals surface area contributed by atoms with Gasteiger partial charge in [0.1, 0.15) is 18.8 Å². The molecule has 1 aliphatic rings. The second-order valence-electron chi connectivity index (χ2n) is 16.3. The molecule has 1 fully saturated rings. The number of esters is 3. The topological polar surface area (TPSA) is 175 Å².